The zero-order valence-corrected chi connectivity index (χ0v) is 20.6. The van der Waals surface area contributed by atoms with Crippen molar-refractivity contribution in [1.82, 2.24) is 19.1 Å². The molecule has 1 amide bonds. The van der Waals surface area contributed by atoms with Gasteiger partial charge in [-0.2, -0.15) is 0 Å². The third kappa shape index (κ3) is 4.55. The number of carbonyl (C=O) groups excluding carboxylic acids is 1. The second-order valence-corrected chi connectivity index (χ2v) is 9.82. The predicted molar refractivity (Wildman–Crippen MR) is 140 cm³/mol. The van der Waals surface area contributed by atoms with Gasteiger partial charge >= 0.3 is 0 Å². The van der Waals surface area contributed by atoms with Crippen molar-refractivity contribution < 1.29 is 14.6 Å². The lowest BCUT2D eigenvalue weighted by Gasteiger charge is -2.34. The Kier molecular flexibility index (Phi) is 5.68. The molecule has 3 N–H and O–H groups in total. The Labute approximate surface area is 212 Å². The van der Waals surface area contributed by atoms with Gasteiger partial charge in [0.15, 0.2) is 0 Å². The molecule has 10 nitrogen and oxygen atoms in total. The number of aliphatic hydroxyl groups is 1. The molecule has 2 fully saturated rings. The van der Waals surface area contributed by atoms with Gasteiger partial charge in [0, 0.05) is 38.5 Å². The molecular weight excluding hydrogens is 472 g/mol. The van der Waals surface area contributed by atoms with Crippen LogP contribution in [0.4, 0.5) is 17.5 Å². The van der Waals surface area contributed by atoms with E-state index in [0.29, 0.717) is 34.9 Å². The first-order valence-corrected chi connectivity index (χ1v) is 12.4. The Balaban J connectivity index is 1.29. The number of rotatable bonds is 7. The molecule has 0 bridgehead atoms. The van der Waals surface area contributed by atoms with Crippen LogP contribution in [-0.4, -0.2) is 36.2 Å². The van der Waals surface area contributed by atoms with Crippen molar-refractivity contribution in [2.45, 2.75) is 50.7 Å². The van der Waals surface area contributed by atoms with Crippen LogP contribution in [0.5, 0.6) is 11.5 Å². The Morgan fingerprint density at radius 1 is 1.11 bits per heavy atom. The van der Waals surface area contributed by atoms with Crippen LogP contribution in [0.15, 0.2) is 53.6 Å². The van der Waals surface area contributed by atoms with Gasteiger partial charge in [-0.25, -0.2) is 9.97 Å². The average molecular weight is 501 g/mol. The Bertz CT molecular complexity index is 1570. The molecule has 2 saturated carbocycles. The molecule has 190 valence electrons. The lowest BCUT2D eigenvalue weighted by Crippen LogP contribution is -2.39. The van der Waals surface area contributed by atoms with Gasteiger partial charge in [-0.1, -0.05) is 0 Å². The van der Waals surface area contributed by atoms with Gasteiger partial charge in [-0.15, -0.1) is 0 Å². The maximum absolute atomic E-state index is 13.3. The highest BCUT2D eigenvalue weighted by molar-refractivity contribution is 5.87. The number of nitrogens with zero attached hydrogens (tertiary/aromatic N) is 4. The van der Waals surface area contributed by atoms with Crippen molar-refractivity contribution in [2.75, 3.05) is 10.6 Å². The third-order valence-electron chi connectivity index (χ3n) is 7.04. The van der Waals surface area contributed by atoms with Crippen molar-refractivity contribution in [3.63, 3.8) is 0 Å². The topological polar surface area (TPSA) is 123 Å². The van der Waals surface area contributed by atoms with Crippen LogP contribution in [-0.2, 0) is 11.8 Å². The number of imidazole rings is 1. The number of hydrogen-bond acceptors (Lipinski definition) is 7. The van der Waals surface area contributed by atoms with Crippen LogP contribution < -0.4 is 20.9 Å². The number of amides is 1. The molecule has 1 unspecified atom stereocenters. The van der Waals surface area contributed by atoms with E-state index in [4.69, 9.17) is 9.72 Å². The molecule has 6 rings (SSSR count). The van der Waals surface area contributed by atoms with Crippen molar-refractivity contribution in [3.8, 4) is 11.5 Å². The lowest BCUT2D eigenvalue weighted by atomic mass is 9.88. The normalized spacial score (nSPS) is 18.9. The van der Waals surface area contributed by atoms with Crippen molar-refractivity contribution in [2.24, 2.45) is 7.05 Å². The molecular formula is C27H28N6O4. The summed E-state index contributed by atoms with van der Waals surface area (Å²) in [5, 5.41) is 16.1. The van der Waals surface area contributed by atoms with Crippen LogP contribution in [0.25, 0.3) is 11.0 Å². The molecule has 0 saturated heterocycles. The summed E-state index contributed by atoms with van der Waals surface area (Å²) in [7, 11) is 1.88. The molecule has 3 aromatic heterocycles. The number of pyridine rings is 2. The van der Waals surface area contributed by atoms with Crippen LogP contribution >= 0.6 is 0 Å². The molecule has 1 aromatic carbocycles. The fraction of sp³-hybridized carbons (Fsp3) is 0.333. The zero-order valence-electron chi connectivity index (χ0n) is 20.6. The van der Waals surface area contributed by atoms with Crippen LogP contribution in [0.1, 0.15) is 50.1 Å². The van der Waals surface area contributed by atoms with E-state index in [9.17, 15) is 14.7 Å². The minimum Gasteiger partial charge on any atom is -0.457 e. The van der Waals surface area contributed by atoms with Gasteiger partial charge < -0.3 is 29.6 Å². The minimum absolute atomic E-state index is 0.156. The summed E-state index contributed by atoms with van der Waals surface area (Å²) in [5.74, 6) is 2.33. The molecule has 3 heterocycles. The summed E-state index contributed by atoms with van der Waals surface area (Å²) < 4.78 is 9.58. The van der Waals surface area contributed by atoms with E-state index in [1.165, 1.54) is 6.92 Å². The maximum atomic E-state index is 13.3. The van der Waals surface area contributed by atoms with Crippen molar-refractivity contribution >= 4 is 34.4 Å². The van der Waals surface area contributed by atoms with Gasteiger partial charge in [-0.3, -0.25) is 9.59 Å². The number of aromatic nitrogens is 4. The number of anilines is 3. The number of ether oxygens (including phenoxy) is 1. The summed E-state index contributed by atoms with van der Waals surface area (Å²) in [4.78, 5) is 33.5. The van der Waals surface area contributed by atoms with E-state index in [1.807, 2.05) is 42.1 Å². The fourth-order valence-corrected chi connectivity index (χ4v) is 4.71. The summed E-state index contributed by atoms with van der Waals surface area (Å²) in [6.45, 7) is 1.42. The van der Waals surface area contributed by atoms with Gasteiger partial charge in [0.1, 0.15) is 23.0 Å². The Morgan fingerprint density at radius 2 is 1.92 bits per heavy atom. The second-order valence-electron chi connectivity index (χ2n) is 9.82. The molecule has 37 heavy (non-hydrogen) atoms. The first-order chi connectivity index (χ1) is 17.9. The highest BCUT2D eigenvalue weighted by Crippen LogP contribution is 2.41. The maximum Gasteiger partial charge on any atom is 0.274 e. The van der Waals surface area contributed by atoms with Crippen molar-refractivity contribution in [1.29, 1.82) is 0 Å². The average Bonchev–Trinajstić information content (AvgIpc) is 3.66. The molecule has 2 aliphatic rings. The molecule has 4 aromatic rings. The Morgan fingerprint density at radius 3 is 2.62 bits per heavy atom. The minimum atomic E-state index is -0.483. The molecule has 2 atom stereocenters. The van der Waals surface area contributed by atoms with E-state index in [0.717, 1.165) is 42.3 Å². The quantitative estimate of drug-likeness (QED) is 0.348. The van der Waals surface area contributed by atoms with E-state index in [-0.39, 0.29) is 17.5 Å². The first kappa shape index (κ1) is 23.2. The monoisotopic (exact) mass is 500 g/mol. The number of aryl methyl sites for hydroxylation is 1. The number of aliphatic hydroxyl groups excluding tert-OH is 1. The lowest BCUT2D eigenvalue weighted by molar-refractivity contribution is -0.114. The number of fused-ring (bicyclic) bond motifs is 1. The fourth-order valence-electron chi connectivity index (χ4n) is 4.71. The van der Waals surface area contributed by atoms with Crippen LogP contribution in [0.3, 0.4) is 0 Å². The summed E-state index contributed by atoms with van der Waals surface area (Å²) in [6.07, 6.45) is 6.75. The summed E-state index contributed by atoms with van der Waals surface area (Å²) >= 11 is 0. The number of hydrogen-bond donors (Lipinski definition) is 3. The smallest absolute Gasteiger partial charge is 0.274 e. The van der Waals surface area contributed by atoms with E-state index < -0.39 is 6.10 Å². The number of nitrogens with one attached hydrogen (secondary N) is 2. The van der Waals surface area contributed by atoms with Crippen LogP contribution in [0.2, 0.25) is 0 Å². The van der Waals surface area contributed by atoms with Gasteiger partial charge in [0.25, 0.3) is 5.56 Å². The van der Waals surface area contributed by atoms with Crippen molar-refractivity contribution in [3.05, 3.63) is 64.7 Å². The van der Waals surface area contributed by atoms with Gasteiger partial charge in [0.2, 0.25) is 11.9 Å². The third-order valence-corrected chi connectivity index (χ3v) is 7.04. The zero-order chi connectivity index (χ0) is 25.7. The molecule has 0 aliphatic heterocycles. The number of carbonyl (C=O) groups is 1. The highest BCUT2D eigenvalue weighted by Gasteiger charge is 2.33. The van der Waals surface area contributed by atoms with E-state index in [2.05, 4.69) is 15.6 Å². The summed E-state index contributed by atoms with van der Waals surface area (Å²) in [5.41, 5.74) is 2.99. The molecule has 0 spiro atoms. The highest BCUT2D eigenvalue weighted by atomic mass is 16.5. The van der Waals surface area contributed by atoms with E-state index >= 15 is 0 Å². The first-order valence-electron chi connectivity index (χ1n) is 12.4. The van der Waals surface area contributed by atoms with Gasteiger partial charge in [-0.05, 0) is 61.4 Å². The Hall–Kier alpha value is -4.18. The summed E-state index contributed by atoms with van der Waals surface area (Å²) in [6, 6.07) is 10.7. The molecule has 10 heteroatoms. The molecule has 2 aliphatic carbocycles. The van der Waals surface area contributed by atoms with Gasteiger partial charge in [0.05, 0.1) is 23.2 Å². The SMILES string of the molecule is CC(=O)Nc1cc(Oc2ccc3nc(Nc4cc(C5CC5)cn(C5CC[C@@H]5O)c4=O)n(C)c3c2)ccn1. The standard InChI is InChI=1S/C27H28N6O4/c1-15(34)29-25-13-19(9-10-28-25)37-18-5-6-20-23(12-18)32(2)27(30-20)31-21-11-17(16-3-4-16)14-33(26(21)36)22-7-8-24(22)35/h5-6,9-14,16,22,24,35H,3-4,7-8H2,1-2H3,(H,30,31)(H,28,29,34)/t22?,24-/m0/s1. The largest absolute Gasteiger partial charge is 0.457 e. The second kappa shape index (κ2) is 9.04. The van der Waals surface area contributed by atoms with E-state index in [1.54, 1.807) is 22.9 Å². The van der Waals surface area contributed by atoms with Crippen LogP contribution in [0, 0.1) is 0 Å². The molecule has 0 radical (unpaired) electrons. The predicted octanol–water partition coefficient (Wildman–Crippen LogP) is 4.20. The number of benzene rings is 1.